The van der Waals surface area contributed by atoms with Crippen molar-refractivity contribution in [2.24, 2.45) is 5.92 Å². The van der Waals surface area contributed by atoms with Crippen molar-refractivity contribution in [1.82, 2.24) is 5.32 Å². The quantitative estimate of drug-likeness (QED) is 0.570. The molecule has 1 aliphatic heterocycles. The summed E-state index contributed by atoms with van der Waals surface area (Å²) in [4.78, 5) is 0. The molecule has 60 valence electrons. The first-order chi connectivity index (χ1) is 4.93. The minimum Gasteiger partial charge on any atom is -0.396 e. The van der Waals surface area contributed by atoms with Crippen LogP contribution in [0.25, 0.3) is 0 Å². The van der Waals surface area contributed by atoms with Crippen LogP contribution in [0.4, 0.5) is 0 Å². The molecule has 0 aromatic carbocycles. The van der Waals surface area contributed by atoms with E-state index in [9.17, 15) is 0 Å². The lowest BCUT2D eigenvalue weighted by molar-refractivity contribution is 0.322. The molecule has 0 unspecified atom stereocenters. The van der Waals surface area contributed by atoms with E-state index >= 15 is 0 Å². The van der Waals surface area contributed by atoms with Gasteiger partial charge >= 0.3 is 0 Å². The van der Waals surface area contributed by atoms with Crippen LogP contribution in [0.5, 0.6) is 0 Å². The van der Waals surface area contributed by atoms with Crippen molar-refractivity contribution in [1.29, 1.82) is 0 Å². The molecule has 10 heavy (non-hydrogen) atoms. The van der Waals surface area contributed by atoms with E-state index in [1.165, 1.54) is 25.3 Å². The lowest BCUT2D eigenvalue weighted by Crippen LogP contribution is -2.42. The molecule has 0 atom stereocenters. The fourth-order valence-corrected chi connectivity index (χ4v) is 1.80. The van der Waals surface area contributed by atoms with E-state index in [4.69, 9.17) is 5.11 Å². The first-order valence-corrected chi connectivity index (χ1v) is 4.98. The Morgan fingerprint density at radius 1 is 1.40 bits per heavy atom. The van der Waals surface area contributed by atoms with Gasteiger partial charge in [0, 0.05) is 5.75 Å². The van der Waals surface area contributed by atoms with E-state index in [0.717, 1.165) is 11.7 Å². The van der Waals surface area contributed by atoms with Crippen molar-refractivity contribution < 1.29 is 5.11 Å². The molecule has 1 saturated heterocycles. The van der Waals surface area contributed by atoms with Gasteiger partial charge in [-0.05, 0) is 31.2 Å². The summed E-state index contributed by atoms with van der Waals surface area (Å²) in [7, 11) is 0. The molecule has 2 N–H and O–H groups in total. The van der Waals surface area contributed by atoms with E-state index in [-0.39, 0.29) is 0 Å². The van der Waals surface area contributed by atoms with Gasteiger partial charge in [-0.2, -0.15) is 11.8 Å². The number of thioether (sulfide) groups is 1. The van der Waals surface area contributed by atoms with Crippen molar-refractivity contribution in [3.8, 4) is 0 Å². The molecule has 0 bridgehead atoms. The second kappa shape index (κ2) is 4.99. The Kier molecular flexibility index (Phi) is 4.18. The van der Waals surface area contributed by atoms with E-state index in [2.05, 4.69) is 5.32 Å². The van der Waals surface area contributed by atoms with Crippen LogP contribution in [0.2, 0.25) is 0 Å². The lowest BCUT2D eigenvalue weighted by atomic mass is 10.0. The first kappa shape index (κ1) is 8.37. The SMILES string of the molecule is OCCSCCC1CNC1. The van der Waals surface area contributed by atoms with Crippen molar-refractivity contribution in [3.63, 3.8) is 0 Å². The maximum atomic E-state index is 8.47. The number of hydrogen-bond donors (Lipinski definition) is 2. The van der Waals surface area contributed by atoms with Crippen LogP contribution in [-0.2, 0) is 0 Å². The zero-order valence-electron chi connectivity index (χ0n) is 6.18. The molecule has 0 amide bonds. The lowest BCUT2D eigenvalue weighted by Gasteiger charge is -2.26. The standard InChI is InChI=1S/C7H15NOS/c9-2-4-10-3-1-7-5-8-6-7/h7-9H,1-6H2. The maximum absolute atomic E-state index is 8.47. The second-order valence-electron chi connectivity index (χ2n) is 2.65. The Balaban J connectivity index is 1.76. The summed E-state index contributed by atoms with van der Waals surface area (Å²) in [5.41, 5.74) is 0. The molecule has 3 heteroatoms. The Labute approximate surface area is 66.4 Å². The van der Waals surface area contributed by atoms with Gasteiger partial charge in [0.25, 0.3) is 0 Å². The summed E-state index contributed by atoms with van der Waals surface area (Å²) in [6.45, 7) is 2.74. The van der Waals surface area contributed by atoms with E-state index < -0.39 is 0 Å². The fourth-order valence-electron chi connectivity index (χ4n) is 0.969. The first-order valence-electron chi connectivity index (χ1n) is 3.83. The number of aliphatic hydroxyl groups is 1. The summed E-state index contributed by atoms with van der Waals surface area (Å²) < 4.78 is 0. The molecular weight excluding hydrogens is 146 g/mol. The molecule has 0 spiro atoms. The van der Waals surface area contributed by atoms with Gasteiger partial charge in [0.05, 0.1) is 6.61 Å². The molecule has 0 saturated carbocycles. The van der Waals surface area contributed by atoms with Crippen molar-refractivity contribution in [2.45, 2.75) is 6.42 Å². The van der Waals surface area contributed by atoms with Gasteiger partial charge in [-0.3, -0.25) is 0 Å². The smallest absolute Gasteiger partial charge is 0.0521 e. The van der Waals surface area contributed by atoms with Gasteiger partial charge in [-0.15, -0.1) is 0 Å². The molecule has 1 fully saturated rings. The summed E-state index contributed by atoms with van der Waals surface area (Å²) in [6, 6.07) is 0. The number of aliphatic hydroxyl groups excluding tert-OH is 1. The molecule has 0 aromatic heterocycles. The highest BCUT2D eigenvalue weighted by Gasteiger charge is 2.15. The monoisotopic (exact) mass is 161 g/mol. The van der Waals surface area contributed by atoms with Gasteiger partial charge in [0.1, 0.15) is 0 Å². The van der Waals surface area contributed by atoms with Crippen LogP contribution in [0.1, 0.15) is 6.42 Å². The third-order valence-electron chi connectivity index (χ3n) is 1.77. The minimum absolute atomic E-state index is 0.327. The zero-order valence-corrected chi connectivity index (χ0v) is 6.99. The highest BCUT2D eigenvalue weighted by Crippen LogP contribution is 2.12. The summed E-state index contributed by atoms with van der Waals surface area (Å²) in [5.74, 6) is 3.04. The van der Waals surface area contributed by atoms with Crippen LogP contribution >= 0.6 is 11.8 Å². The molecule has 1 heterocycles. The second-order valence-corrected chi connectivity index (χ2v) is 3.87. The highest BCUT2D eigenvalue weighted by molar-refractivity contribution is 7.99. The minimum atomic E-state index is 0.327. The molecule has 0 aromatic rings. The summed E-state index contributed by atoms with van der Waals surface area (Å²) in [5, 5.41) is 11.7. The topological polar surface area (TPSA) is 32.3 Å². The Hall–Kier alpha value is 0.270. The molecule has 0 aliphatic carbocycles. The van der Waals surface area contributed by atoms with Crippen molar-refractivity contribution in [2.75, 3.05) is 31.2 Å². The van der Waals surface area contributed by atoms with Gasteiger partial charge < -0.3 is 10.4 Å². The van der Waals surface area contributed by atoms with Crippen LogP contribution in [0.15, 0.2) is 0 Å². The molecule has 0 radical (unpaired) electrons. The molecule has 1 rings (SSSR count). The van der Waals surface area contributed by atoms with Crippen molar-refractivity contribution in [3.05, 3.63) is 0 Å². The number of hydrogen-bond acceptors (Lipinski definition) is 3. The summed E-state index contributed by atoms with van der Waals surface area (Å²) in [6.07, 6.45) is 1.32. The predicted octanol–water partition coefficient (Wildman–Crippen LogP) is 0.321. The number of nitrogens with one attached hydrogen (secondary N) is 1. The van der Waals surface area contributed by atoms with Crippen LogP contribution in [0, 0.1) is 5.92 Å². The van der Waals surface area contributed by atoms with Gasteiger partial charge in [-0.25, -0.2) is 0 Å². The fraction of sp³-hybridized carbons (Fsp3) is 1.00. The Bertz CT molecular complexity index is 85.7. The van der Waals surface area contributed by atoms with E-state index in [1.54, 1.807) is 0 Å². The zero-order chi connectivity index (χ0) is 7.23. The molecule has 2 nitrogen and oxygen atoms in total. The van der Waals surface area contributed by atoms with Crippen LogP contribution in [-0.4, -0.2) is 36.3 Å². The average molecular weight is 161 g/mol. The van der Waals surface area contributed by atoms with Gasteiger partial charge in [0.2, 0.25) is 0 Å². The normalized spacial score (nSPS) is 18.9. The highest BCUT2D eigenvalue weighted by atomic mass is 32.2. The van der Waals surface area contributed by atoms with Crippen LogP contribution < -0.4 is 5.32 Å². The predicted molar refractivity (Wildman–Crippen MR) is 45.4 cm³/mol. The third kappa shape index (κ3) is 2.90. The van der Waals surface area contributed by atoms with Gasteiger partial charge in [-0.1, -0.05) is 0 Å². The number of rotatable bonds is 5. The molecule has 1 aliphatic rings. The average Bonchev–Trinajstić information content (AvgIpc) is 1.84. The maximum Gasteiger partial charge on any atom is 0.0521 e. The Morgan fingerprint density at radius 2 is 2.20 bits per heavy atom. The van der Waals surface area contributed by atoms with E-state index in [1.807, 2.05) is 11.8 Å². The Morgan fingerprint density at radius 3 is 2.70 bits per heavy atom. The van der Waals surface area contributed by atoms with Crippen molar-refractivity contribution >= 4 is 11.8 Å². The third-order valence-corrected chi connectivity index (χ3v) is 2.77. The van der Waals surface area contributed by atoms with E-state index in [0.29, 0.717) is 6.61 Å². The largest absolute Gasteiger partial charge is 0.396 e. The summed E-state index contributed by atoms with van der Waals surface area (Å²) >= 11 is 1.85. The molecular formula is C7H15NOS. The van der Waals surface area contributed by atoms with Crippen LogP contribution in [0.3, 0.4) is 0 Å². The van der Waals surface area contributed by atoms with Gasteiger partial charge in [0.15, 0.2) is 0 Å².